The summed E-state index contributed by atoms with van der Waals surface area (Å²) >= 11 is 1.54. The number of rotatable bonds is 6. The molecule has 0 saturated heterocycles. The van der Waals surface area contributed by atoms with Crippen molar-refractivity contribution in [2.45, 2.75) is 45.2 Å². The van der Waals surface area contributed by atoms with Gasteiger partial charge in [0.15, 0.2) is 5.13 Å². The first-order valence-corrected chi connectivity index (χ1v) is 11.8. The first-order chi connectivity index (χ1) is 15.2. The molecule has 0 radical (unpaired) electrons. The van der Waals surface area contributed by atoms with E-state index < -0.39 is 0 Å². The SMILES string of the molecule is Cc1[nH]ncc1-c1ccc2nc(Nc3cc(CNC4CC5CC[C@H]4C5)ccn3)sc2n1. The molecule has 2 fully saturated rings. The molecule has 158 valence electrons. The number of aromatic amines is 1. The summed E-state index contributed by atoms with van der Waals surface area (Å²) in [4.78, 5) is 14.8. The van der Waals surface area contributed by atoms with Crippen LogP contribution in [-0.4, -0.2) is 31.2 Å². The van der Waals surface area contributed by atoms with Crippen LogP contribution in [0.5, 0.6) is 0 Å². The number of hydrogen-bond donors (Lipinski definition) is 3. The molecular weight excluding hydrogens is 406 g/mol. The average Bonchev–Trinajstić information content (AvgIpc) is 3.56. The zero-order chi connectivity index (χ0) is 20.8. The lowest BCUT2D eigenvalue weighted by molar-refractivity contribution is 0.350. The minimum absolute atomic E-state index is 0.687. The van der Waals surface area contributed by atoms with E-state index in [1.807, 2.05) is 31.5 Å². The summed E-state index contributed by atoms with van der Waals surface area (Å²) < 4.78 is 0. The van der Waals surface area contributed by atoms with Crippen molar-refractivity contribution in [3.05, 3.63) is 47.9 Å². The highest BCUT2D eigenvalue weighted by Gasteiger charge is 2.38. The van der Waals surface area contributed by atoms with Crippen molar-refractivity contribution in [1.82, 2.24) is 30.5 Å². The van der Waals surface area contributed by atoms with Crippen LogP contribution >= 0.6 is 11.3 Å². The quantitative estimate of drug-likeness (QED) is 0.406. The molecule has 4 aromatic rings. The molecule has 2 saturated carbocycles. The fourth-order valence-electron chi connectivity index (χ4n) is 5.14. The zero-order valence-electron chi connectivity index (χ0n) is 17.4. The maximum Gasteiger partial charge on any atom is 0.190 e. The summed E-state index contributed by atoms with van der Waals surface area (Å²) in [6, 6.07) is 8.88. The highest BCUT2D eigenvalue weighted by atomic mass is 32.1. The number of anilines is 2. The van der Waals surface area contributed by atoms with Crippen molar-refractivity contribution in [2.75, 3.05) is 5.32 Å². The third kappa shape index (κ3) is 3.70. The van der Waals surface area contributed by atoms with Gasteiger partial charge in [-0.1, -0.05) is 17.8 Å². The van der Waals surface area contributed by atoms with E-state index in [1.165, 1.54) is 42.6 Å². The second-order valence-corrected chi connectivity index (χ2v) is 9.76. The molecule has 0 amide bonds. The normalized spacial score (nSPS) is 22.4. The zero-order valence-corrected chi connectivity index (χ0v) is 18.2. The van der Waals surface area contributed by atoms with Crippen LogP contribution in [0.25, 0.3) is 21.6 Å². The number of nitrogens with zero attached hydrogens (tertiary/aromatic N) is 4. The van der Waals surface area contributed by atoms with Crippen molar-refractivity contribution in [2.24, 2.45) is 11.8 Å². The van der Waals surface area contributed by atoms with Gasteiger partial charge < -0.3 is 10.6 Å². The topological polar surface area (TPSA) is 91.4 Å². The molecule has 0 spiro atoms. The van der Waals surface area contributed by atoms with Gasteiger partial charge >= 0.3 is 0 Å². The van der Waals surface area contributed by atoms with E-state index in [2.05, 4.69) is 42.9 Å². The van der Waals surface area contributed by atoms with E-state index in [-0.39, 0.29) is 0 Å². The van der Waals surface area contributed by atoms with E-state index in [0.717, 1.165) is 56.6 Å². The number of fused-ring (bicyclic) bond motifs is 3. The Labute approximate surface area is 184 Å². The molecule has 3 N–H and O–H groups in total. The fraction of sp³-hybridized carbons (Fsp3) is 0.391. The van der Waals surface area contributed by atoms with Crippen LogP contribution < -0.4 is 10.6 Å². The van der Waals surface area contributed by atoms with Crippen molar-refractivity contribution >= 4 is 32.6 Å². The van der Waals surface area contributed by atoms with Crippen LogP contribution in [0.2, 0.25) is 0 Å². The van der Waals surface area contributed by atoms with E-state index in [4.69, 9.17) is 4.98 Å². The Morgan fingerprint density at radius 2 is 2.13 bits per heavy atom. The van der Waals surface area contributed by atoms with Crippen molar-refractivity contribution in [1.29, 1.82) is 0 Å². The summed E-state index contributed by atoms with van der Waals surface area (Å²) in [6.45, 7) is 2.89. The number of aromatic nitrogens is 5. The van der Waals surface area contributed by atoms with Crippen LogP contribution in [0.3, 0.4) is 0 Å². The Kier molecular flexibility index (Phi) is 4.69. The summed E-state index contributed by atoms with van der Waals surface area (Å²) in [6.07, 6.45) is 9.29. The number of nitrogens with one attached hydrogen (secondary N) is 3. The molecule has 7 nitrogen and oxygen atoms in total. The standard InChI is InChI=1S/C23H25N7S/c1-13-17(12-26-30-13)18-4-5-19-22(27-18)31-23(28-19)29-21-10-15(6-7-24-21)11-25-20-9-14-2-3-16(20)8-14/h4-7,10,12,14,16,20,25H,2-3,8-9,11H2,1H3,(H,26,30)(H,24,28,29)/t14?,16-,20?/m0/s1. The van der Waals surface area contributed by atoms with Gasteiger partial charge in [-0.2, -0.15) is 5.10 Å². The smallest absolute Gasteiger partial charge is 0.190 e. The number of aryl methyl sites for hydroxylation is 1. The molecule has 0 aliphatic heterocycles. The molecule has 8 heteroatoms. The molecule has 4 heterocycles. The maximum absolute atomic E-state index is 4.78. The lowest BCUT2D eigenvalue weighted by Gasteiger charge is -2.23. The molecule has 2 aliphatic rings. The van der Waals surface area contributed by atoms with Crippen LogP contribution in [0.1, 0.15) is 36.9 Å². The molecule has 31 heavy (non-hydrogen) atoms. The first-order valence-electron chi connectivity index (χ1n) is 10.9. The van der Waals surface area contributed by atoms with Gasteiger partial charge in [-0.15, -0.1) is 0 Å². The van der Waals surface area contributed by atoms with Gasteiger partial charge in [-0.25, -0.2) is 15.0 Å². The average molecular weight is 432 g/mol. The monoisotopic (exact) mass is 431 g/mol. The van der Waals surface area contributed by atoms with E-state index in [9.17, 15) is 0 Å². The van der Waals surface area contributed by atoms with Gasteiger partial charge in [0.05, 0.1) is 11.9 Å². The molecule has 6 rings (SSSR count). The molecule has 2 bridgehead atoms. The Hall–Kier alpha value is -2.84. The largest absolute Gasteiger partial charge is 0.316 e. The maximum atomic E-state index is 4.78. The second-order valence-electron chi connectivity index (χ2n) is 8.79. The van der Waals surface area contributed by atoms with Crippen molar-refractivity contribution in [3.8, 4) is 11.3 Å². The number of hydrogen-bond acceptors (Lipinski definition) is 7. The van der Waals surface area contributed by atoms with E-state index >= 15 is 0 Å². The summed E-state index contributed by atoms with van der Waals surface area (Å²) in [5.41, 5.74) is 5.06. The number of H-pyrrole nitrogens is 1. The van der Waals surface area contributed by atoms with Crippen LogP contribution in [0.15, 0.2) is 36.7 Å². The predicted molar refractivity (Wildman–Crippen MR) is 123 cm³/mol. The molecule has 4 aromatic heterocycles. The van der Waals surface area contributed by atoms with Gasteiger partial charge in [-0.3, -0.25) is 5.10 Å². The fourth-order valence-corrected chi connectivity index (χ4v) is 5.98. The molecular formula is C23H25N7S. The minimum atomic E-state index is 0.687. The summed E-state index contributed by atoms with van der Waals surface area (Å²) in [5.74, 6) is 2.66. The van der Waals surface area contributed by atoms with Crippen LogP contribution in [0, 0.1) is 18.8 Å². The lowest BCUT2D eigenvalue weighted by Crippen LogP contribution is -2.33. The Balaban J connectivity index is 1.16. The molecule has 0 aromatic carbocycles. The van der Waals surface area contributed by atoms with Gasteiger partial charge in [0.2, 0.25) is 0 Å². The van der Waals surface area contributed by atoms with E-state index in [1.54, 1.807) is 0 Å². The highest BCUT2D eigenvalue weighted by Crippen LogP contribution is 2.44. The van der Waals surface area contributed by atoms with Crippen LogP contribution in [0.4, 0.5) is 10.9 Å². The Morgan fingerprint density at radius 3 is 2.94 bits per heavy atom. The Bertz CT molecular complexity index is 1230. The molecule has 2 unspecified atom stereocenters. The third-order valence-electron chi connectivity index (χ3n) is 6.73. The van der Waals surface area contributed by atoms with Crippen LogP contribution in [-0.2, 0) is 6.54 Å². The van der Waals surface area contributed by atoms with E-state index in [0.29, 0.717) is 6.04 Å². The minimum Gasteiger partial charge on any atom is -0.316 e. The van der Waals surface area contributed by atoms with Crippen molar-refractivity contribution in [3.63, 3.8) is 0 Å². The second kappa shape index (κ2) is 7.69. The van der Waals surface area contributed by atoms with Gasteiger partial charge in [0, 0.05) is 30.0 Å². The first kappa shape index (κ1) is 18.9. The van der Waals surface area contributed by atoms with Gasteiger partial charge in [0.25, 0.3) is 0 Å². The number of thiazole rings is 1. The lowest BCUT2D eigenvalue weighted by atomic mass is 9.95. The third-order valence-corrected chi connectivity index (χ3v) is 7.61. The summed E-state index contributed by atoms with van der Waals surface area (Å²) in [7, 11) is 0. The van der Waals surface area contributed by atoms with Gasteiger partial charge in [-0.05, 0) is 67.9 Å². The molecule has 2 aliphatic carbocycles. The van der Waals surface area contributed by atoms with Gasteiger partial charge in [0.1, 0.15) is 16.2 Å². The van der Waals surface area contributed by atoms with Crippen molar-refractivity contribution < 1.29 is 0 Å². The summed E-state index contributed by atoms with van der Waals surface area (Å²) in [5, 5.41) is 15.0. The highest BCUT2D eigenvalue weighted by molar-refractivity contribution is 7.21. The Morgan fingerprint density at radius 1 is 1.16 bits per heavy atom. The number of pyridine rings is 2. The molecule has 3 atom stereocenters. The predicted octanol–water partition coefficient (Wildman–Crippen LogP) is 4.81.